The molecular weight excluding hydrogens is 260 g/mol. The average molecular weight is 284 g/mol. The maximum absolute atomic E-state index is 5.74. The van der Waals surface area contributed by atoms with Gasteiger partial charge in [0.25, 0.3) is 0 Å². The number of benzene rings is 2. The molecule has 3 nitrogen and oxygen atoms in total. The second kappa shape index (κ2) is 8.57. The average Bonchev–Trinajstić information content (AvgIpc) is 2.56. The number of aryl methyl sites for hydroxylation is 1. The monoisotopic (exact) mass is 284 g/mol. The molecule has 2 aromatic rings. The molecule has 2 rings (SSSR count). The van der Waals surface area contributed by atoms with E-state index < -0.39 is 0 Å². The molecule has 0 saturated heterocycles. The number of ether oxygens (including phenoxy) is 1. The maximum atomic E-state index is 5.74. The van der Waals surface area contributed by atoms with Gasteiger partial charge < -0.3 is 4.74 Å². The molecule has 0 aliphatic carbocycles. The highest BCUT2D eigenvalue weighted by atomic mass is 16.5. The van der Waals surface area contributed by atoms with Gasteiger partial charge >= 0.3 is 0 Å². The smallest absolute Gasteiger partial charge is 0.0987 e. The summed E-state index contributed by atoms with van der Waals surface area (Å²) in [4.78, 5) is 0. The third kappa shape index (κ3) is 4.67. The van der Waals surface area contributed by atoms with Crippen LogP contribution in [0.2, 0.25) is 0 Å². The highest BCUT2D eigenvalue weighted by Gasteiger charge is 2.21. The zero-order chi connectivity index (χ0) is 14.9. The SMILES string of the molecule is COC(c1ccccc1)C(CCCc1ccccc1)NN. The highest BCUT2D eigenvalue weighted by molar-refractivity contribution is 5.19. The van der Waals surface area contributed by atoms with Crippen molar-refractivity contribution in [2.45, 2.75) is 31.4 Å². The van der Waals surface area contributed by atoms with Crippen LogP contribution in [0, 0.1) is 0 Å². The summed E-state index contributed by atoms with van der Waals surface area (Å²) in [5.41, 5.74) is 5.43. The molecule has 3 N–H and O–H groups in total. The summed E-state index contributed by atoms with van der Waals surface area (Å²) in [5, 5.41) is 0. The van der Waals surface area contributed by atoms with E-state index in [9.17, 15) is 0 Å². The predicted molar refractivity (Wildman–Crippen MR) is 86.7 cm³/mol. The van der Waals surface area contributed by atoms with Crippen molar-refractivity contribution in [1.29, 1.82) is 0 Å². The van der Waals surface area contributed by atoms with Gasteiger partial charge in [-0.05, 0) is 30.4 Å². The number of hydrogen-bond acceptors (Lipinski definition) is 3. The van der Waals surface area contributed by atoms with Gasteiger partial charge in [0.15, 0.2) is 0 Å². The van der Waals surface area contributed by atoms with Crippen molar-refractivity contribution >= 4 is 0 Å². The van der Waals surface area contributed by atoms with Crippen LogP contribution in [0.3, 0.4) is 0 Å². The molecule has 0 amide bonds. The Morgan fingerprint density at radius 3 is 2.19 bits per heavy atom. The van der Waals surface area contributed by atoms with E-state index in [4.69, 9.17) is 10.6 Å². The summed E-state index contributed by atoms with van der Waals surface area (Å²) < 4.78 is 5.65. The molecule has 21 heavy (non-hydrogen) atoms. The molecule has 0 heterocycles. The van der Waals surface area contributed by atoms with E-state index in [1.165, 1.54) is 5.56 Å². The van der Waals surface area contributed by atoms with Crippen LogP contribution in [0.5, 0.6) is 0 Å². The minimum Gasteiger partial charge on any atom is -0.375 e. The molecular formula is C18H24N2O. The molecule has 2 aromatic carbocycles. The Morgan fingerprint density at radius 1 is 1.00 bits per heavy atom. The fourth-order valence-electron chi connectivity index (χ4n) is 2.67. The van der Waals surface area contributed by atoms with E-state index in [1.54, 1.807) is 7.11 Å². The van der Waals surface area contributed by atoms with Crippen molar-refractivity contribution in [2.24, 2.45) is 5.84 Å². The van der Waals surface area contributed by atoms with E-state index in [0.29, 0.717) is 0 Å². The summed E-state index contributed by atoms with van der Waals surface area (Å²) >= 11 is 0. The Labute approximate surface area is 127 Å². The first-order valence-corrected chi connectivity index (χ1v) is 7.43. The first-order valence-electron chi connectivity index (χ1n) is 7.43. The molecule has 2 atom stereocenters. The second-order valence-electron chi connectivity index (χ2n) is 5.22. The number of methoxy groups -OCH3 is 1. The molecule has 0 aliphatic heterocycles. The highest BCUT2D eigenvalue weighted by Crippen LogP contribution is 2.23. The topological polar surface area (TPSA) is 47.3 Å². The van der Waals surface area contributed by atoms with Crippen LogP contribution in [0.4, 0.5) is 0 Å². The first kappa shape index (κ1) is 15.7. The molecule has 0 bridgehead atoms. The van der Waals surface area contributed by atoms with Gasteiger partial charge in [-0.25, -0.2) is 0 Å². The number of rotatable bonds is 8. The lowest BCUT2D eigenvalue weighted by atomic mass is 9.97. The minimum absolute atomic E-state index is 0.0213. The summed E-state index contributed by atoms with van der Waals surface area (Å²) in [7, 11) is 1.74. The summed E-state index contributed by atoms with van der Waals surface area (Å²) in [6.45, 7) is 0. The van der Waals surface area contributed by atoms with Gasteiger partial charge in [0.1, 0.15) is 0 Å². The van der Waals surface area contributed by atoms with E-state index in [0.717, 1.165) is 24.8 Å². The lowest BCUT2D eigenvalue weighted by Gasteiger charge is -2.26. The van der Waals surface area contributed by atoms with Crippen molar-refractivity contribution in [3.63, 3.8) is 0 Å². The Balaban J connectivity index is 1.92. The molecule has 0 fully saturated rings. The number of nitrogens with two attached hydrogens (primary N) is 1. The van der Waals surface area contributed by atoms with Gasteiger partial charge in [0.2, 0.25) is 0 Å². The van der Waals surface area contributed by atoms with Crippen molar-refractivity contribution in [1.82, 2.24) is 5.43 Å². The zero-order valence-electron chi connectivity index (χ0n) is 12.5. The molecule has 3 heteroatoms. The van der Waals surface area contributed by atoms with E-state index in [-0.39, 0.29) is 12.1 Å². The lowest BCUT2D eigenvalue weighted by Crippen LogP contribution is -2.40. The zero-order valence-corrected chi connectivity index (χ0v) is 12.5. The Morgan fingerprint density at radius 2 is 1.62 bits per heavy atom. The Hall–Kier alpha value is -1.68. The summed E-state index contributed by atoms with van der Waals surface area (Å²) in [5.74, 6) is 5.74. The largest absolute Gasteiger partial charge is 0.375 e. The lowest BCUT2D eigenvalue weighted by molar-refractivity contribution is 0.0642. The molecule has 0 radical (unpaired) electrons. The van der Waals surface area contributed by atoms with Crippen LogP contribution in [-0.4, -0.2) is 13.2 Å². The maximum Gasteiger partial charge on any atom is 0.0987 e. The second-order valence-corrected chi connectivity index (χ2v) is 5.22. The minimum atomic E-state index is -0.0213. The molecule has 0 saturated carbocycles. The van der Waals surface area contributed by atoms with E-state index in [2.05, 4.69) is 41.8 Å². The first-order chi connectivity index (χ1) is 10.3. The van der Waals surface area contributed by atoms with Crippen molar-refractivity contribution in [2.75, 3.05) is 7.11 Å². The van der Waals surface area contributed by atoms with Crippen LogP contribution < -0.4 is 11.3 Å². The fourth-order valence-corrected chi connectivity index (χ4v) is 2.67. The molecule has 0 spiro atoms. The van der Waals surface area contributed by atoms with Gasteiger partial charge in [-0.1, -0.05) is 60.7 Å². The van der Waals surface area contributed by atoms with Gasteiger partial charge in [0, 0.05) is 7.11 Å². The Bertz CT molecular complexity index is 501. The van der Waals surface area contributed by atoms with Crippen molar-refractivity contribution in [3.8, 4) is 0 Å². The molecule has 0 aliphatic rings. The predicted octanol–water partition coefficient (Wildman–Crippen LogP) is 3.23. The third-order valence-corrected chi connectivity index (χ3v) is 3.78. The molecule has 0 aromatic heterocycles. The van der Waals surface area contributed by atoms with Crippen LogP contribution in [0.25, 0.3) is 0 Å². The normalized spacial score (nSPS) is 13.8. The van der Waals surface area contributed by atoms with Crippen molar-refractivity contribution in [3.05, 3.63) is 71.8 Å². The van der Waals surface area contributed by atoms with E-state index in [1.807, 2.05) is 24.3 Å². The summed E-state index contributed by atoms with van der Waals surface area (Å²) in [6.07, 6.45) is 3.08. The fraction of sp³-hybridized carbons (Fsp3) is 0.333. The Kier molecular flexibility index (Phi) is 6.41. The van der Waals surface area contributed by atoms with Crippen LogP contribution in [0.15, 0.2) is 60.7 Å². The quantitative estimate of drug-likeness (QED) is 0.578. The van der Waals surface area contributed by atoms with E-state index >= 15 is 0 Å². The number of nitrogens with one attached hydrogen (secondary N) is 1. The van der Waals surface area contributed by atoms with Crippen LogP contribution in [-0.2, 0) is 11.2 Å². The molecule has 2 unspecified atom stereocenters. The van der Waals surface area contributed by atoms with Gasteiger partial charge in [0.05, 0.1) is 12.1 Å². The van der Waals surface area contributed by atoms with Crippen molar-refractivity contribution < 1.29 is 4.74 Å². The standard InChI is InChI=1S/C18H24N2O/c1-21-18(16-12-6-3-7-13-16)17(20-19)14-8-11-15-9-4-2-5-10-15/h2-7,9-10,12-13,17-18,20H,8,11,14,19H2,1H3. The van der Waals surface area contributed by atoms with Crippen LogP contribution in [0.1, 0.15) is 30.1 Å². The van der Waals surface area contributed by atoms with Crippen LogP contribution >= 0.6 is 0 Å². The summed E-state index contributed by atoms with van der Waals surface area (Å²) in [6, 6.07) is 20.9. The molecule has 112 valence electrons. The number of hydrogen-bond donors (Lipinski definition) is 2. The van der Waals surface area contributed by atoms with Gasteiger partial charge in [-0.2, -0.15) is 0 Å². The van der Waals surface area contributed by atoms with Gasteiger partial charge in [-0.15, -0.1) is 0 Å². The third-order valence-electron chi connectivity index (χ3n) is 3.78. The van der Waals surface area contributed by atoms with Gasteiger partial charge in [-0.3, -0.25) is 11.3 Å². The number of hydrazine groups is 1.